The third kappa shape index (κ3) is 2.79. The van der Waals surface area contributed by atoms with Crippen molar-refractivity contribution in [2.75, 3.05) is 18.8 Å². The molecule has 2 heterocycles. The SMILES string of the molecule is CC1(C)C(C(=O)N2CCC3(CCc4ccccc4C3)CC2)CCS1(=O)=O. The first kappa shape index (κ1) is 18.0. The largest absolute Gasteiger partial charge is 0.342 e. The number of benzene rings is 1. The van der Waals surface area contributed by atoms with Gasteiger partial charge in [-0.15, -0.1) is 0 Å². The van der Waals surface area contributed by atoms with Crippen LogP contribution in [0, 0.1) is 11.3 Å². The van der Waals surface area contributed by atoms with Gasteiger partial charge in [0.2, 0.25) is 5.91 Å². The van der Waals surface area contributed by atoms with E-state index in [0.29, 0.717) is 11.8 Å². The molecule has 0 aromatic heterocycles. The molecule has 0 N–H and O–H groups in total. The molecule has 2 saturated heterocycles. The number of rotatable bonds is 1. The van der Waals surface area contributed by atoms with Crippen LogP contribution in [0.3, 0.4) is 0 Å². The van der Waals surface area contributed by atoms with Crippen molar-refractivity contribution in [2.24, 2.45) is 11.3 Å². The van der Waals surface area contributed by atoms with Gasteiger partial charge in [-0.1, -0.05) is 24.3 Å². The molecule has 0 radical (unpaired) electrons. The monoisotopic (exact) mass is 375 g/mol. The number of likely N-dealkylation sites (tertiary alicyclic amines) is 1. The molecular weight excluding hydrogens is 346 g/mol. The molecule has 1 amide bonds. The van der Waals surface area contributed by atoms with Gasteiger partial charge in [-0.25, -0.2) is 8.42 Å². The summed E-state index contributed by atoms with van der Waals surface area (Å²) in [7, 11) is -3.17. The summed E-state index contributed by atoms with van der Waals surface area (Å²) in [6.45, 7) is 4.99. The molecule has 1 atom stereocenters. The Morgan fingerprint density at radius 3 is 2.35 bits per heavy atom. The predicted molar refractivity (Wildman–Crippen MR) is 103 cm³/mol. The fourth-order valence-electron chi connectivity index (χ4n) is 5.24. The molecule has 1 aromatic carbocycles. The summed E-state index contributed by atoms with van der Waals surface area (Å²) < 4.78 is 23.6. The molecule has 0 saturated carbocycles. The Balaban J connectivity index is 1.44. The van der Waals surface area contributed by atoms with Crippen LogP contribution in [-0.4, -0.2) is 42.8 Å². The Hall–Kier alpha value is -1.36. The molecule has 2 fully saturated rings. The molecule has 2 aliphatic heterocycles. The average Bonchev–Trinajstić information content (AvgIpc) is 2.83. The first-order chi connectivity index (χ1) is 12.2. The minimum absolute atomic E-state index is 0.0575. The molecule has 1 aromatic rings. The van der Waals surface area contributed by atoms with Crippen LogP contribution in [0.25, 0.3) is 0 Å². The summed E-state index contributed by atoms with van der Waals surface area (Å²) in [6.07, 6.45) is 6.00. The van der Waals surface area contributed by atoms with Crippen molar-refractivity contribution in [3.8, 4) is 0 Å². The quantitative estimate of drug-likeness (QED) is 0.758. The maximum Gasteiger partial charge on any atom is 0.227 e. The number of carbonyl (C=O) groups is 1. The zero-order chi connectivity index (χ0) is 18.6. The summed E-state index contributed by atoms with van der Waals surface area (Å²) in [4.78, 5) is 15.0. The Labute approximate surface area is 156 Å². The maximum absolute atomic E-state index is 13.0. The third-order valence-corrected chi connectivity index (χ3v) is 10.0. The summed E-state index contributed by atoms with van der Waals surface area (Å²) in [5.41, 5.74) is 3.28. The highest BCUT2D eigenvalue weighted by molar-refractivity contribution is 7.93. The van der Waals surface area contributed by atoms with Gasteiger partial charge >= 0.3 is 0 Å². The molecule has 4 nitrogen and oxygen atoms in total. The van der Waals surface area contributed by atoms with E-state index >= 15 is 0 Å². The summed E-state index contributed by atoms with van der Waals surface area (Å²) >= 11 is 0. The number of fused-ring (bicyclic) bond motifs is 1. The smallest absolute Gasteiger partial charge is 0.227 e. The molecule has 1 unspecified atom stereocenters. The molecule has 142 valence electrons. The normalized spacial score (nSPS) is 28.7. The van der Waals surface area contributed by atoms with Crippen LogP contribution in [-0.2, 0) is 27.5 Å². The Morgan fingerprint density at radius 1 is 1.08 bits per heavy atom. The second-order valence-corrected chi connectivity index (χ2v) is 11.7. The van der Waals surface area contributed by atoms with Crippen LogP contribution in [0.2, 0.25) is 0 Å². The summed E-state index contributed by atoms with van der Waals surface area (Å²) in [5, 5.41) is 0. The first-order valence-electron chi connectivity index (χ1n) is 9.82. The zero-order valence-corrected chi connectivity index (χ0v) is 16.6. The standard InChI is InChI=1S/C21H29NO3S/c1-20(2)18(8-14-26(20,24)25)19(23)22-12-10-21(11-13-22)9-7-16-5-3-4-6-17(16)15-21/h3-6,18H,7-15H2,1-2H3. The van der Waals surface area contributed by atoms with Gasteiger partial charge in [0.25, 0.3) is 0 Å². The van der Waals surface area contributed by atoms with Crippen molar-refractivity contribution in [3.05, 3.63) is 35.4 Å². The van der Waals surface area contributed by atoms with Crippen molar-refractivity contribution < 1.29 is 13.2 Å². The van der Waals surface area contributed by atoms with Gasteiger partial charge in [0.05, 0.1) is 16.4 Å². The summed E-state index contributed by atoms with van der Waals surface area (Å²) in [5.74, 6) is -0.180. The van der Waals surface area contributed by atoms with Crippen molar-refractivity contribution in [1.82, 2.24) is 4.90 Å². The number of nitrogens with zero attached hydrogens (tertiary/aromatic N) is 1. The van der Waals surface area contributed by atoms with Crippen molar-refractivity contribution >= 4 is 15.7 Å². The molecule has 26 heavy (non-hydrogen) atoms. The lowest BCUT2D eigenvalue weighted by Gasteiger charge is -2.45. The molecular formula is C21H29NO3S. The first-order valence-corrected chi connectivity index (χ1v) is 11.5. The van der Waals surface area contributed by atoms with Gasteiger partial charge in [0.1, 0.15) is 0 Å². The number of carbonyl (C=O) groups excluding carboxylic acids is 1. The van der Waals surface area contributed by atoms with Gasteiger partial charge < -0.3 is 4.90 Å². The van der Waals surface area contributed by atoms with E-state index in [-0.39, 0.29) is 17.6 Å². The highest BCUT2D eigenvalue weighted by Crippen LogP contribution is 2.45. The van der Waals surface area contributed by atoms with E-state index in [2.05, 4.69) is 24.3 Å². The van der Waals surface area contributed by atoms with Crippen molar-refractivity contribution in [1.29, 1.82) is 0 Å². The number of hydrogen-bond donors (Lipinski definition) is 0. The van der Waals surface area contributed by atoms with Gasteiger partial charge in [-0.05, 0) is 68.9 Å². The lowest BCUT2D eigenvalue weighted by atomic mass is 9.66. The van der Waals surface area contributed by atoms with Gasteiger partial charge in [0, 0.05) is 13.1 Å². The average molecular weight is 376 g/mol. The summed E-state index contributed by atoms with van der Waals surface area (Å²) in [6, 6.07) is 8.73. The number of amides is 1. The van der Waals surface area contributed by atoms with Gasteiger partial charge in [-0.3, -0.25) is 4.79 Å². The maximum atomic E-state index is 13.0. The number of sulfone groups is 1. The second-order valence-electron chi connectivity index (χ2n) is 9.03. The third-order valence-electron chi connectivity index (χ3n) is 7.36. The van der Waals surface area contributed by atoms with E-state index in [1.807, 2.05) is 4.90 Å². The molecule has 5 heteroatoms. The minimum atomic E-state index is -3.17. The van der Waals surface area contributed by atoms with Crippen molar-refractivity contribution in [2.45, 2.75) is 57.1 Å². The number of hydrogen-bond acceptors (Lipinski definition) is 3. The van der Waals surface area contributed by atoms with Crippen LogP contribution in [0.4, 0.5) is 0 Å². The van der Waals surface area contributed by atoms with Gasteiger partial charge in [0.15, 0.2) is 9.84 Å². The topological polar surface area (TPSA) is 54.5 Å². The zero-order valence-electron chi connectivity index (χ0n) is 15.8. The van der Waals surface area contributed by atoms with E-state index in [0.717, 1.165) is 38.8 Å². The second kappa shape index (κ2) is 6.08. The highest BCUT2D eigenvalue weighted by atomic mass is 32.2. The van der Waals surface area contributed by atoms with E-state index in [1.165, 1.54) is 17.5 Å². The van der Waals surface area contributed by atoms with Crippen LogP contribution in [0.5, 0.6) is 0 Å². The number of piperidine rings is 1. The van der Waals surface area contributed by atoms with E-state index in [4.69, 9.17) is 0 Å². The van der Waals surface area contributed by atoms with Crippen molar-refractivity contribution in [3.63, 3.8) is 0 Å². The van der Waals surface area contributed by atoms with Crippen LogP contribution < -0.4 is 0 Å². The molecule has 4 rings (SSSR count). The Morgan fingerprint density at radius 2 is 1.73 bits per heavy atom. The minimum Gasteiger partial charge on any atom is -0.342 e. The predicted octanol–water partition coefficient (Wildman–Crippen LogP) is 3.00. The van der Waals surface area contributed by atoms with Crippen LogP contribution >= 0.6 is 0 Å². The van der Waals surface area contributed by atoms with Crippen LogP contribution in [0.15, 0.2) is 24.3 Å². The molecule has 1 spiro atoms. The van der Waals surface area contributed by atoms with Crippen LogP contribution in [0.1, 0.15) is 50.7 Å². The fraction of sp³-hybridized carbons (Fsp3) is 0.667. The molecule has 1 aliphatic carbocycles. The Bertz CT molecular complexity index is 819. The lowest BCUT2D eigenvalue weighted by Crippen LogP contribution is -2.50. The van der Waals surface area contributed by atoms with E-state index in [1.54, 1.807) is 13.8 Å². The fourth-order valence-corrected chi connectivity index (χ4v) is 6.96. The van der Waals surface area contributed by atoms with E-state index in [9.17, 15) is 13.2 Å². The van der Waals surface area contributed by atoms with E-state index < -0.39 is 14.6 Å². The molecule has 0 bridgehead atoms. The number of aryl methyl sites for hydroxylation is 1. The lowest BCUT2D eigenvalue weighted by molar-refractivity contribution is -0.138. The molecule has 3 aliphatic rings. The Kier molecular flexibility index (Phi) is 4.22. The van der Waals surface area contributed by atoms with Gasteiger partial charge in [-0.2, -0.15) is 0 Å². The highest BCUT2D eigenvalue weighted by Gasteiger charge is 2.52.